The van der Waals surface area contributed by atoms with Crippen LogP contribution in [0.2, 0.25) is 0 Å². The minimum absolute atomic E-state index is 0.0618. The molecule has 398 valence electrons. The molecule has 0 aliphatic rings. The molecule has 0 unspecified atom stereocenters. The highest BCUT2D eigenvalue weighted by molar-refractivity contribution is 5.71. The summed E-state index contributed by atoms with van der Waals surface area (Å²) in [6, 6.07) is 0. The van der Waals surface area contributed by atoms with E-state index in [9.17, 15) is 14.4 Å². The van der Waals surface area contributed by atoms with Gasteiger partial charge in [-0.15, -0.1) is 0 Å². The molecule has 0 aromatic carbocycles. The van der Waals surface area contributed by atoms with Crippen LogP contribution in [0.25, 0.3) is 0 Å². The van der Waals surface area contributed by atoms with Crippen molar-refractivity contribution in [3.63, 3.8) is 0 Å². The maximum Gasteiger partial charge on any atom is 0.306 e. The number of unbranched alkanes of at least 4 members (excludes halogenated alkanes) is 43. The molecule has 0 saturated carbocycles. The first-order valence-electron chi connectivity index (χ1n) is 30.4. The van der Waals surface area contributed by atoms with Crippen LogP contribution in [0.3, 0.4) is 0 Å². The van der Waals surface area contributed by atoms with Gasteiger partial charge in [0.05, 0.1) is 0 Å². The predicted octanol–water partition coefficient (Wildman–Crippen LogP) is 20.2. The normalized spacial score (nSPS) is 12.0. The SMILES string of the molecule is CCCCCCCCCCCCCCCCCCCCCC(=O)OC[C@H](COC(=O)CCCCCCCCCCCCC(C)C)OC(=O)CCCCCCCCCCCCCCCCCCC. The van der Waals surface area contributed by atoms with Crippen LogP contribution >= 0.6 is 0 Å². The zero-order valence-electron chi connectivity index (χ0n) is 45.9. The highest BCUT2D eigenvalue weighted by Gasteiger charge is 2.19. The van der Waals surface area contributed by atoms with Crippen molar-refractivity contribution in [2.24, 2.45) is 5.92 Å². The molecule has 6 heteroatoms. The molecule has 0 rings (SSSR count). The monoisotopic (exact) mass is 947 g/mol. The third-order valence-electron chi connectivity index (χ3n) is 14.0. The highest BCUT2D eigenvalue weighted by atomic mass is 16.6. The van der Waals surface area contributed by atoms with E-state index < -0.39 is 6.10 Å². The minimum Gasteiger partial charge on any atom is -0.462 e. The van der Waals surface area contributed by atoms with Crippen molar-refractivity contribution >= 4 is 17.9 Å². The van der Waals surface area contributed by atoms with Crippen molar-refractivity contribution in [1.82, 2.24) is 0 Å². The zero-order chi connectivity index (χ0) is 48.8. The van der Waals surface area contributed by atoms with Gasteiger partial charge in [0.15, 0.2) is 6.10 Å². The first-order valence-corrected chi connectivity index (χ1v) is 30.4. The highest BCUT2D eigenvalue weighted by Crippen LogP contribution is 2.18. The lowest BCUT2D eigenvalue weighted by atomic mass is 10.0. The molecule has 0 fully saturated rings. The summed E-state index contributed by atoms with van der Waals surface area (Å²) in [7, 11) is 0. The van der Waals surface area contributed by atoms with Crippen LogP contribution in [0.4, 0.5) is 0 Å². The van der Waals surface area contributed by atoms with Gasteiger partial charge in [0, 0.05) is 19.3 Å². The second-order valence-electron chi connectivity index (χ2n) is 21.5. The molecule has 0 radical (unpaired) electrons. The smallest absolute Gasteiger partial charge is 0.306 e. The predicted molar refractivity (Wildman–Crippen MR) is 289 cm³/mol. The van der Waals surface area contributed by atoms with E-state index in [2.05, 4.69) is 27.7 Å². The molecular weight excluding hydrogens is 829 g/mol. The summed E-state index contributed by atoms with van der Waals surface area (Å²) in [5.41, 5.74) is 0. The second kappa shape index (κ2) is 55.3. The fraction of sp³-hybridized carbons (Fsp3) is 0.951. The average Bonchev–Trinajstić information content (AvgIpc) is 3.31. The van der Waals surface area contributed by atoms with Crippen molar-refractivity contribution in [2.75, 3.05) is 13.2 Å². The van der Waals surface area contributed by atoms with Crippen molar-refractivity contribution < 1.29 is 28.6 Å². The van der Waals surface area contributed by atoms with Gasteiger partial charge in [-0.1, -0.05) is 310 Å². The Morgan fingerprint density at radius 3 is 0.731 bits per heavy atom. The fourth-order valence-electron chi connectivity index (χ4n) is 9.46. The number of hydrogen-bond donors (Lipinski definition) is 0. The molecule has 0 spiro atoms. The number of ether oxygens (including phenoxy) is 3. The number of carbonyl (C=O) groups is 3. The largest absolute Gasteiger partial charge is 0.462 e. The Bertz CT molecular complexity index is 1010. The van der Waals surface area contributed by atoms with Crippen LogP contribution in [-0.4, -0.2) is 37.2 Å². The molecule has 0 N–H and O–H groups in total. The Morgan fingerprint density at radius 1 is 0.284 bits per heavy atom. The number of rotatable bonds is 56. The average molecular weight is 948 g/mol. The van der Waals surface area contributed by atoms with Gasteiger partial charge in [-0.2, -0.15) is 0 Å². The Hall–Kier alpha value is -1.59. The summed E-state index contributed by atoms with van der Waals surface area (Å²) < 4.78 is 16.9. The maximum atomic E-state index is 12.9. The molecule has 0 amide bonds. The molecule has 0 saturated heterocycles. The molecule has 0 aromatic heterocycles. The number of hydrogen-bond acceptors (Lipinski definition) is 6. The first-order chi connectivity index (χ1) is 32.9. The van der Waals surface area contributed by atoms with Gasteiger partial charge in [0.1, 0.15) is 13.2 Å². The Morgan fingerprint density at radius 2 is 0.493 bits per heavy atom. The van der Waals surface area contributed by atoms with Crippen LogP contribution in [0.1, 0.15) is 349 Å². The Balaban J connectivity index is 4.27. The van der Waals surface area contributed by atoms with Crippen molar-refractivity contribution in [3.05, 3.63) is 0 Å². The van der Waals surface area contributed by atoms with E-state index in [1.165, 1.54) is 244 Å². The second-order valence-corrected chi connectivity index (χ2v) is 21.5. The molecule has 6 nitrogen and oxygen atoms in total. The third-order valence-corrected chi connectivity index (χ3v) is 14.0. The summed E-state index contributed by atoms with van der Waals surface area (Å²) in [4.78, 5) is 38.2. The molecule has 67 heavy (non-hydrogen) atoms. The van der Waals surface area contributed by atoms with Crippen LogP contribution in [-0.2, 0) is 28.6 Å². The molecule has 1 atom stereocenters. The summed E-state index contributed by atoms with van der Waals surface area (Å²) >= 11 is 0. The molecule has 0 aliphatic heterocycles. The van der Waals surface area contributed by atoms with E-state index in [1.54, 1.807) is 0 Å². The lowest BCUT2D eigenvalue weighted by molar-refractivity contribution is -0.167. The molecule has 0 heterocycles. The Kier molecular flexibility index (Phi) is 54.0. The van der Waals surface area contributed by atoms with E-state index in [4.69, 9.17) is 14.2 Å². The standard InChI is InChI=1S/C61H118O6/c1-5-7-9-11-13-15-17-19-21-23-24-26-27-29-31-36-40-44-48-52-59(62)65-55-58(56-66-60(63)53-49-45-41-37-34-33-35-39-43-47-51-57(3)4)67-61(64)54-50-46-42-38-32-30-28-25-22-20-18-16-14-12-10-8-6-2/h57-58H,5-56H2,1-4H3/t58-/m1/s1. The van der Waals surface area contributed by atoms with E-state index in [1.807, 2.05) is 0 Å². The van der Waals surface area contributed by atoms with Gasteiger partial charge >= 0.3 is 17.9 Å². The van der Waals surface area contributed by atoms with Gasteiger partial charge in [0.25, 0.3) is 0 Å². The Labute approximate surface area is 418 Å². The van der Waals surface area contributed by atoms with E-state index in [0.717, 1.165) is 63.7 Å². The summed E-state index contributed by atoms with van der Waals surface area (Å²) in [6.07, 6.45) is 61.0. The van der Waals surface area contributed by atoms with E-state index in [0.29, 0.717) is 19.3 Å². The van der Waals surface area contributed by atoms with Gasteiger partial charge in [-0.05, 0) is 25.2 Å². The van der Waals surface area contributed by atoms with Crippen LogP contribution in [0, 0.1) is 5.92 Å². The number of esters is 3. The van der Waals surface area contributed by atoms with Gasteiger partial charge in [-0.25, -0.2) is 0 Å². The summed E-state index contributed by atoms with van der Waals surface area (Å²) in [5.74, 6) is -0.0147. The van der Waals surface area contributed by atoms with E-state index >= 15 is 0 Å². The number of carbonyl (C=O) groups excluding carboxylic acids is 3. The zero-order valence-corrected chi connectivity index (χ0v) is 45.9. The van der Waals surface area contributed by atoms with Gasteiger partial charge in [-0.3, -0.25) is 14.4 Å². The van der Waals surface area contributed by atoms with E-state index in [-0.39, 0.29) is 31.1 Å². The van der Waals surface area contributed by atoms with Crippen molar-refractivity contribution in [1.29, 1.82) is 0 Å². The van der Waals surface area contributed by atoms with Crippen LogP contribution in [0.5, 0.6) is 0 Å². The summed E-state index contributed by atoms with van der Waals surface area (Å²) in [6.45, 7) is 9.06. The van der Waals surface area contributed by atoms with Crippen molar-refractivity contribution in [3.8, 4) is 0 Å². The molecule has 0 aliphatic carbocycles. The van der Waals surface area contributed by atoms with Gasteiger partial charge in [0.2, 0.25) is 0 Å². The quantitative estimate of drug-likeness (QED) is 0.0343. The third kappa shape index (κ3) is 55.2. The topological polar surface area (TPSA) is 78.9 Å². The lowest BCUT2D eigenvalue weighted by Crippen LogP contribution is -2.30. The molecule has 0 bridgehead atoms. The molecule has 0 aromatic rings. The molecular formula is C61H118O6. The van der Waals surface area contributed by atoms with Gasteiger partial charge < -0.3 is 14.2 Å². The lowest BCUT2D eigenvalue weighted by Gasteiger charge is -2.18. The fourth-order valence-corrected chi connectivity index (χ4v) is 9.46. The van der Waals surface area contributed by atoms with Crippen molar-refractivity contribution in [2.45, 2.75) is 355 Å². The van der Waals surface area contributed by atoms with Crippen LogP contribution < -0.4 is 0 Å². The first kappa shape index (κ1) is 65.4. The minimum atomic E-state index is -0.762. The maximum absolute atomic E-state index is 12.9. The summed E-state index contributed by atoms with van der Waals surface area (Å²) in [5, 5.41) is 0. The van der Waals surface area contributed by atoms with Crippen LogP contribution in [0.15, 0.2) is 0 Å².